The maximum absolute atomic E-state index is 12.5. The molecule has 6 heteroatoms. The second-order valence-electron chi connectivity index (χ2n) is 5.28. The van der Waals surface area contributed by atoms with Crippen LogP contribution in [0.5, 0.6) is 5.75 Å². The predicted molar refractivity (Wildman–Crippen MR) is 83.7 cm³/mol. The number of amides is 1. The second kappa shape index (κ2) is 7.64. The van der Waals surface area contributed by atoms with Gasteiger partial charge in [0.05, 0.1) is 12.6 Å². The molecule has 2 N–H and O–H groups in total. The Bertz CT molecular complexity index is 458. The molecule has 1 heterocycles. The van der Waals surface area contributed by atoms with Crippen molar-refractivity contribution in [3.63, 3.8) is 0 Å². The summed E-state index contributed by atoms with van der Waals surface area (Å²) in [7, 11) is 3.42. The van der Waals surface area contributed by atoms with Crippen LogP contribution in [-0.4, -0.2) is 43.7 Å². The highest BCUT2D eigenvalue weighted by Gasteiger charge is 2.37. The first-order valence-electron chi connectivity index (χ1n) is 6.80. The van der Waals surface area contributed by atoms with Crippen molar-refractivity contribution < 1.29 is 14.3 Å². The number of nitrogens with two attached hydrogens (primary N) is 1. The minimum absolute atomic E-state index is 0. The largest absolute Gasteiger partial charge is 0.497 e. The van der Waals surface area contributed by atoms with Gasteiger partial charge in [-0.05, 0) is 30.5 Å². The first kappa shape index (κ1) is 17.8. The minimum Gasteiger partial charge on any atom is -0.497 e. The first-order valence-corrected chi connectivity index (χ1v) is 6.80. The van der Waals surface area contributed by atoms with E-state index in [0.29, 0.717) is 32.6 Å². The summed E-state index contributed by atoms with van der Waals surface area (Å²) in [6.45, 7) is 1.65. The van der Waals surface area contributed by atoms with Gasteiger partial charge in [0, 0.05) is 26.8 Å². The van der Waals surface area contributed by atoms with Gasteiger partial charge in [-0.15, -0.1) is 12.4 Å². The van der Waals surface area contributed by atoms with Crippen LogP contribution in [0.2, 0.25) is 0 Å². The molecule has 0 radical (unpaired) electrons. The van der Waals surface area contributed by atoms with E-state index in [0.717, 1.165) is 11.3 Å². The Balaban J connectivity index is 0.00000220. The minimum atomic E-state index is -0.778. The van der Waals surface area contributed by atoms with Gasteiger partial charge in [0.2, 0.25) is 5.91 Å². The summed E-state index contributed by atoms with van der Waals surface area (Å²) in [5, 5.41) is 0. The molecule has 1 saturated heterocycles. The Labute approximate surface area is 131 Å². The Hall–Kier alpha value is -1.30. The molecule has 0 bridgehead atoms. The Morgan fingerprint density at radius 3 is 2.43 bits per heavy atom. The van der Waals surface area contributed by atoms with E-state index in [1.54, 1.807) is 19.1 Å². The van der Waals surface area contributed by atoms with Gasteiger partial charge < -0.3 is 20.1 Å². The molecule has 5 nitrogen and oxygen atoms in total. The summed E-state index contributed by atoms with van der Waals surface area (Å²) in [6.07, 6.45) is 1.16. The summed E-state index contributed by atoms with van der Waals surface area (Å²) in [5.74, 6) is 0.791. The lowest BCUT2D eigenvalue weighted by Crippen LogP contribution is -2.57. The van der Waals surface area contributed by atoms with Crippen molar-refractivity contribution in [2.24, 2.45) is 5.73 Å². The number of ether oxygens (including phenoxy) is 2. The average molecular weight is 315 g/mol. The molecule has 0 aromatic heterocycles. The molecule has 2 rings (SSSR count). The van der Waals surface area contributed by atoms with Crippen molar-refractivity contribution in [2.45, 2.75) is 24.9 Å². The van der Waals surface area contributed by atoms with Gasteiger partial charge in [-0.25, -0.2) is 0 Å². The summed E-state index contributed by atoms with van der Waals surface area (Å²) >= 11 is 0. The molecule has 1 amide bonds. The summed E-state index contributed by atoms with van der Waals surface area (Å²) < 4.78 is 10.4. The monoisotopic (exact) mass is 314 g/mol. The molecule has 0 aliphatic carbocycles. The van der Waals surface area contributed by atoms with E-state index in [2.05, 4.69) is 0 Å². The van der Waals surface area contributed by atoms with Crippen LogP contribution in [0.15, 0.2) is 24.3 Å². The lowest BCUT2D eigenvalue weighted by molar-refractivity contribution is -0.139. The van der Waals surface area contributed by atoms with E-state index < -0.39 is 5.54 Å². The van der Waals surface area contributed by atoms with Crippen LogP contribution in [-0.2, 0) is 16.1 Å². The normalized spacial score (nSPS) is 16.7. The van der Waals surface area contributed by atoms with E-state index in [4.69, 9.17) is 15.2 Å². The van der Waals surface area contributed by atoms with Gasteiger partial charge in [0.15, 0.2) is 0 Å². The number of rotatable bonds is 4. The van der Waals surface area contributed by atoms with Gasteiger partial charge >= 0.3 is 0 Å². The fourth-order valence-electron chi connectivity index (χ4n) is 2.41. The molecule has 0 atom stereocenters. The Morgan fingerprint density at radius 2 is 1.90 bits per heavy atom. The molecular weight excluding hydrogens is 292 g/mol. The van der Waals surface area contributed by atoms with Crippen molar-refractivity contribution in [1.29, 1.82) is 0 Å². The molecule has 1 aliphatic rings. The molecule has 1 aromatic carbocycles. The number of halogens is 1. The molecule has 1 fully saturated rings. The van der Waals surface area contributed by atoms with Gasteiger partial charge in [-0.2, -0.15) is 0 Å². The molecule has 118 valence electrons. The molecular formula is C15H23ClN2O3. The smallest absolute Gasteiger partial charge is 0.242 e. The van der Waals surface area contributed by atoms with Gasteiger partial charge in [-0.3, -0.25) is 4.79 Å². The third-order valence-corrected chi connectivity index (χ3v) is 3.74. The fraction of sp³-hybridized carbons (Fsp3) is 0.533. The molecule has 0 spiro atoms. The topological polar surface area (TPSA) is 64.8 Å². The van der Waals surface area contributed by atoms with Crippen molar-refractivity contribution in [3.05, 3.63) is 29.8 Å². The van der Waals surface area contributed by atoms with Gasteiger partial charge in [0.1, 0.15) is 5.75 Å². The number of benzene rings is 1. The molecule has 0 unspecified atom stereocenters. The summed E-state index contributed by atoms with van der Waals surface area (Å²) in [6, 6.07) is 7.69. The predicted octanol–water partition coefficient (Wildman–Crippen LogP) is 1.58. The summed E-state index contributed by atoms with van der Waals surface area (Å²) in [4.78, 5) is 14.2. The Morgan fingerprint density at radius 1 is 1.33 bits per heavy atom. The van der Waals surface area contributed by atoms with Crippen molar-refractivity contribution in [3.8, 4) is 5.75 Å². The fourth-order valence-corrected chi connectivity index (χ4v) is 2.41. The zero-order valence-electron chi connectivity index (χ0n) is 12.5. The van der Waals surface area contributed by atoms with E-state index in [1.807, 2.05) is 24.3 Å². The number of methoxy groups -OCH3 is 1. The molecule has 1 aromatic rings. The number of nitrogens with zero attached hydrogens (tertiary/aromatic N) is 1. The third-order valence-electron chi connectivity index (χ3n) is 3.74. The second-order valence-corrected chi connectivity index (χ2v) is 5.28. The zero-order chi connectivity index (χ0) is 14.6. The number of hydrogen-bond donors (Lipinski definition) is 1. The standard InChI is InChI=1S/C15H22N2O3.ClH/c1-17(11-12-3-5-13(19-2)6-4-12)14(18)15(16)7-9-20-10-8-15;/h3-6H,7-11,16H2,1-2H3;1H. The molecule has 0 saturated carbocycles. The third kappa shape index (κ3) is 4.33. The van der Waals surface area contributed by atoms with Gasteiger partial charge in [-0.1, -0.05) is 12.1 Å². The highest BCUT2D eigenvalue weighted by atomic mass is 35.5. The zero-order valence-corrected chi connectivity index (χ0v) is 13.3. The van der Waals surface area contributed by atoms with Crippen LogP contribution < -0.4 is 10.5 Å². The highest BCUT2D eigenvalue weighted by molar-refractivity contribution is 5.86. The van der Waals surface area contributed by atoms with Crippen LogP contribution in [0.1, 0.15) is 18.4 Å². The average Bonchev–Trinajstić information content (AvgIpc) is 2.48. The number of hydrogen-bond acceptors (Lipinski definition) is 4. The molecule has 1 aliphatic heterocycles. The van der Waals surface area contributed by atoms with Crippen molar-refractivity contribution in [2.75, 3.05) is 27.4 Å². The number of likely N-dealkylation sites (N-methyl/N-ethyl adjacent to an activating group) is 1. The number of carbonyl (C=O) groups excluding carboxylic acids is 1. The van der Waals surface area contributed by atoms with E-state index >= 15 is 0 Å². The lowest BCUT2D eigenvalue weighted by Gasteiger charge is -2.35. The highest BCUT2D eigenvalue weighted by Crippen LogP contribution is 2.21. The van der Waals surface area contributed by atoms with Crippen molar-refractivity contribution in [1.82, 2.24) is 4.90 Å². The maximum Gasteiger partial charge on any atom is 0.242 e. The van der Waals surface area contributed by atoms with Crippen LogP contribution in [0.3, 0.4) is 0 Å². The number of carbonyl (C=O) groups is 1. The first-order chi connectivity index (χ1) is 9.55. The SMILES string of the molecule is COc1ccc(CN(C)C(=O)C2(N)CCOCC2)cc1.Cl. The lowest BCUT2D eigenvalue weighted by atomic mass is 9.89. The Kier molecular flexibility index (Phi) is 6.45. The van der Waals surface area contributed by atoms with E-state index in [-0.39, 0.29) is 18.3 Å². The van der Waals surface area contributed by atoms with Crippen LogP contribution >= 0.6 is 12.4 Å². The van der Waals surface area contributed by atoms with Gasteiger partial charge in [0.25, 0.3) is 0 Å². The van der Waals surface area contributed by atoms with Crippen LogP contribution in [0, 0.1) is 0 Å². The van der Waals surface area contributed by atoms with E-state index in [1.165, 1.54) is 0 Å². The quantitative estimate of drug-likeness (QED) is 0.916. The summed E-state index contributed by atoms with van der Waals surface area (Å²) in [5.41, 5.74) is 6.49. The van der Waals surface area contributed by atoms with Crippen molar-refractivity contribution >= 4 is 18.3 Å². The van der Waals surface area contributed by atoms with Crippen LogP contribution in [0.25, 0.3) is 0 Å². The maximum atomic E-state index is 12.5. The van der Waals surface area contributed by atoms with Crippen LogP contribution in [0.4, 0.5) is 0 Å². The molecule has 21 heavy (non-hydrogen) atoms. The van der Waals surface area contributed by atoms with E-state index in [9.17, 15) is 4.79 Å².